The zero-order chi connectivity index (χ0) is 12.3. The van der Waals surface area contributed by atoms with Gasteiger partial charge in [-0.15, -0.1) is 0 Å². The van der Waals surface area contributed by atoms with Crippen LogP contribution in [0.5, 0.6) is 0 Å². The first-order valence-corrected chi connectivity index (χ1v) is 6.63. The Morgan fingerprint density at radius 3 is 2.88 bits per heavy atom. The molecule has 94 valence electrons. The van der Waals surface area contributed by atoms with Gasteiger partial charge in [0.1, 0.15) is 0 Å². The second kappa shape index (κ2) is 5.65. The normalized spacial score (nSPS) is 24.9. The van der Waals surface area contributed by atoms with Crippen molar-refractivity contribution in [2.75, 3.05) is 0 Å². The predicted molar refractivity (Wildman–Crippen MR) is 71.0 cm³/mol. The number of aliphatic hydroxyl groups is 1. The summed E-state index contributed by atoms with van der Waals surface area (Å²) in [7, 11) is 0. The molecule has 0 radical (unpaired) electrons. The maximum absolute atomic E-state index is 9.64. The van der Waals surface area contributed by atoms with Gasteiger partial charge in [0, 0.05) is 12.6 Å². The van der Waals surface area contributed by atoms with Gasteiger partial charge >= 0.3 is 0 Å². The molecule has 2 atom stereocenters. The molecule has 0 heterocycles. The molecule has 2 heteroatoms. The van der Waals surface area contributed by atoms with Gasteiger partial charge in [0.15, 0.2) is 0 Å². The molecular weight excluding hydrogens is 210 g/mol. The smallest absolute Gasteiger partial charge is 0.0555 e. The van der Waals surface area contributed by atoms with Crippen molar-refractivity contribution in [1.82, 2.24) is 5.32 Å². The van der Waals surface area contributed by atoms with E-state index in [0.29, 0.717) is 6.04 Å². The standard InChI is InChI=1S/C15H23NO/c1-11-5-3-6-13(12(11)2)10-16-14-7-4-8-15(17)9-14/h3,5-6,14-17H,4,7-10H2,1-2H3. The minimum Gasteiger partial charge on any atom is -0.393 e. The lowest BCUT2D eigenvalue weighted by Crippen LogP contribution is -2.35. The van der Waals surface area contributed by atoms with E-state index in [1.54, 1.807) is 0 Å². The summed E-state index contributed by atoms with van der Waals surface area (Å²) in [6, 6.07) is 6.95. The van der Waals surface area contributed by atoms with Crippen LogP contribution in [-0.4, -0.2) is 17.3 Å². The van der Waals surface area contributed by atoms with Crippen molar-refractivity contribution in [2.24, 2.45) is 0 Å². The summed E-state index contributed by atoms with van der Waals surface area (Å²) in [6.45, 7) is 5.26. The largest absolute Gasteiger partial charge is 0.393 e. The Morgan fingerprint density at radius 1 is 1.29 bits per heavy atom. The zero-order valence-corrected chi connectivity index (χ0v) is 10.9. The van der Waals surface area contributed by atoms with Crippen molar-refractivity contribution in [2.45, 2.75) is 58.2 Å². The van der Waals surface area contributed by atoms with Crippen LogP contribution in [-0.2, 0) is 6.54 Å². The average Bonchev–Trinajstić information content (AvgIpc) is 2.31. The van der Waals surface area contributed by atoms with Gasteiger partial charge in [-0.1, -0.05) is 18.2 Å². The Labute approximate surface area is 104 Å². The van der Waals surface area contributed by atoms with Gasteiger partial charge in [-0.05, 0) is 56.2 Å². The van der Waals surface area contributed by atoms with Gasteiger partial charge in [-0.2, -0.15) is 0 Å². The van der Waals surface area contributed by atoms with E-state index in [0.717, 1.165) is 25.8 Å². The number of rotatable bonds is 3. The summed E-state index contributed by atoms with van der Waals surface area (Å²) >= 11 is 0. The third-order valence-electron chi connectivity index (χ3n) is 3.94. The molecule has 2 nitrogen and oxygen atoms in total. The minimum absolute atomic E-state index is 0.0974. The topological polar surface area (TPSA) is 32.3 Å². The number of hydrogen-bond donors (Lipinski definition) is 2. The van der Waals surface area contributed by atoms with Gasteiger partial charge in [0.25, 0.3) is 0 Å². The Balaban J connectivity index is 1.91. The number of nitrogens with one attached hydrogen (secondary N) is 1. The zero-order valence-electron chi connectivity index (χ0n) is 10.9. The summed E-state index contributed by atoms with van der Waals surface area (Å²) < 4.78 is 0. The van der Waals surface area contributed by atoms with Crippen LogP contribution in [0, 0.1) is 13.8 Å². The summed E-state index contributed by atoms with van der Waals surface area (Å²) in [5.41, 5.74) is 4.12. The third kappa shape index (κ3) is 3.30. The molecule has 1 aliphatic rings. The molecule has 0 bridgehead atoms. The van der Waals surface area contributed by atoms with E-state index in [9.17, 15) is 5.11 Å². The molecule has 2 N–H and O–H groups in total. The molecule has 1 aromatic carbocycles. The summed E-state index contributed by atoms with van der Waals surface area (Å²) in [6.07, 6.45) is 4.12. The first-order valence-electron chi connectivity index (χ1n) is 6.63. The maximum atomic E-state index is 9.64. The summed E-state index contributed by atoms with van der Waals surface area (Å²) in [5.74, 6) is 0. The van der Waals surface area contributed by atoms with Gasteiger partial charge in [-0.25, -0.2) is 0 Å². The number of aliphatic hydroxyl groups excluding tert-OH is 1. The Kier molecular flexibility index (Phi) is 4.19. The van der Waals surface area contributed by atoms with Crippen molar-refractivity contribution in [3.05, 3.63) is 34.9 Å². The molecule has 0 amide bonds. The van der Waals surface area contributed by atoms with E-state index in [4.69, 9.17) is 0 Å². The fourth-order valence-corrected chi connectivity index (χ4v) is 2.61. The maximum Gasteiger partial charge on any atom is 0.0555 e. The van der Waals surface area contributed by atoms with Crippen molar-refractivity contribution in [1.29, 1.82) is 0 Å². The van der Waals surface area contributed by atoms with E-state index in [1.807, 2.05) is 0 Å². The Morgan fingerprint density at radius 2 is 2.12 bits per heavy atom. The Hall–Kier alpha value is -0.860. The highest BCUT2D eigenvalue weighted by atomic mass is 16.3. The highest BCUT2D eigenvalue weighted by molar-refractivity contribution is 5.32. The van der Waals surface area contributed by atoms with E-state index in [2.05, 4.69) is 37.4 Å². The fraction of sp³-hybridized carbons (Fsp3) is 0.600. The second-order valence-corrected chi connectivity index (χ2v) is 5.26. The lowest BCUT2D eigenvalue weighted by molar-refractivity contribution is 0.111. The van der Waals surface area contributed by atoms with Crippen LogP contribution in [0.1, 0.15) is 42.4 Å². The molecule has 2 unspecified atom stereocenters. The van der Waals surface area contributed by atoms with Crippen molar-refractivity contribution in [3.8, 4) is 0 Å². The van der Waals surface area contributed by atoms with E-state index >= 15 is 0 Å². The average molecular weight is 233 g/mol. The summed E-state index contributed by atoms with van der Waals surface area (Å²) in [5, 5.41) is 13.2. The highest BCUT2D eigenvalue weighted by Crippen LogP contribution is 2.19. The van der Waals surface area contributed by atoms with Crippen LogP contribution in [0.3, 0.4) is 0 Å². The van der Waals surface area contributed by atoms with Crippen molar-refractivity contribution >= 4 is 0 Å². The van der Waals surface area contributed by atoms with Gasteiger partial charge < -0.3 is 10.4 Å². The van der Waals surface area contributed by atoms with E-state index < -0.39 is 0 Å². The van der Waals surface area contributed by atoms with Crippen LogP contribution >= 0.6 is 0 Å². The molecule has 0 spiro atoms. The Bertz CT molecular complexity index is 375. The lowest BCUT2D eigenvalue weighted by Gasteiger charge is -2.27. The van der Waals surface area contributed by atoms with Crippen LogP contribution in [0.25, 0.3) is 0 Å². The second-order valence-electron chi connectivity index (χ2n) is 5.26. The number of benzene rings is 1. The molecule has 17 heavy (non-hydrogen) atoms. The molecular formula is C15H23NO. The van der Waals surface area contributed by atoms with Crippen LogP contribution in [0.4, 0.5) is 0 Å². The van der Waals surface area contributed by atoms with Crippen LogP contribution < -0.4 is 5.32 Å². The molecule has 2 rings (SSSR count). The fourth-order valence-electron chi connectivity index (χ4n) is 2.61. The minimum atomic E-state index is -0.0974. The predicted octanol–water partition coefficient (Wildman–Crippen LogP) is 2.70. The van der Waals surface area contributed by atoms with Crippen LogP contribution in [0.15, 0.2) is 18.2 Å². The SMILES string of the molecule is Cc1cccc(CNC2CCCC(O)C2)c1C. The van der Waals surface area contributed by atoms with Gasteiger partial charge in [0.2, 0.25) is 0 Å². The molecule has 0 aromatic heterocycles. The monoisotopic (exact) mass is 233 g/mol. The molecule has 1 fully saturated rings. The third-order valence-corrected chi connectivity index (χ3v) is 3.94. The van der Waals surface area contributed by atoms with Gasteiger partial charge in [-0.3, -0.25) is 0 Å². The van der Waals surface area contributed by atoms with E-state index in [-0.39, 0.29) is 6.10 Å². The highest BCUT2D eigenvalue weighted by Gasteiger charge is 2.19. The van der Waals surface area contributed by atoms with Gasteiger partial charge in [0.05, 0.1) is 6.10 Å². The number of hydrogen-bond acceptors (Lipinski definition) is 2. The molecule has 1 saturated carbocycles. The van der Waals surface area contributed by atoms with Crippen LogP contribution in [0.2, 0.25) is 0 Å². The number of aryl methyl sites for hydroxylation is 1. The quantitative estimate of drug-likeness (QED) is 0.841. The summed E-state index contributed by atoms with van der Waals surface area (Å²) in [4.78, 5) is 0. The molecule has 0 saturated heterocycles. The first kappa shape index (κ1) is 12.6. The first-order chi connectivity index (χ1) is 8.16. The molecule has 0 aliphatic heterocycles. The molecule has 1 aliphatic carbocycles. The van der Waals surface area contributed by atoms with Crippen molar-refractivity contribution < 1.29 is 5.11 Å². The van der Waals surface area contributed by atoms with Crippen molar-refractivity contribution in [3.63, 3.8) is 0 Å². The molecule has 1 aromatic rings. The van der Waals surface area contributed by atoms with E-state index in [1.165, 1.54) is 23.1 Å². The lowest BCUT2D eigenvalue weighted by atomic mass is 9.92.